The number of alkyl halides is 3. The summed E-state index contributed by atoms with van der Waals surface area (Å²) in [5, 5.41) is 1.16. The van der Waals surface area contributed by atoms with E-state index in [0.717, 1.165) is 12.1 Å². The lowest BCUT2D eigenvalue weighted by Crippen LogP contribution is -2.04. The summed E-state index contributed by atoms with van der Waals surface area (Å²) in [5.41, 5.74) is -0.739. The van der Waals surface area contributed by atoms with E-state index < -0.39 is 11.7 Å². The molecule has 0 spiro atoms. The Balaban J connectivity index is 2.81. The van der Waals surface area contributed by atoms with Crippen LogP contribution in [0.2, 0.25) is 5.02 Å². The van der Waals surface area contributed by atoms with Gasteiger partial charge in [0.25, 0.3) is 0 Å². The maximum atomic E-state index is 12.6. The van der Waals surface area contributed by atoms with Gasteiger partial charge >= 0.3 is 6.18 Å². The molecule has 0 saturated carbocycles. The molecule has 0 N–H and O–H groups in total. The molecule has 0 aliphatic carbocycles. The maximum absolute atomic E-state index is 12.6. The van der Waals surface area contributed by atoms with Crippen LogP contribution in [0.1, 0.15) is 5.56 Å². The van der Waals surface area contributed by atoms with Gasteiger partial charge in [-0.15, -0.1) is 0 Å². The monoisotopic (exact) mass is 308 g/mol. The first-order valence-corrected chi connectivity index (χ1v) is 5.51. The van der Waals surface area contributed by atoms with Crippen LogP contribution in [0.5, 0.6) is 0 Å². The lowest BCUT2D eigenvalue weighted by Gasteiger charge is -2.10. The van der Waals surface area contributed by atoms with Crippen LogP contribution >= 0.6 is 27.5 Å². The van der Waals surface area contributed by atoms with Crippen molar-refractivity contribution in [3.63, 3.8) is 0 Å². The van der Waals surface area contributed by atoms with Gasteiger partial charge in [-0.05, 0) is 23.6 Å². The van der Waals surface area contributed by atoms with Crippen molar-refractivity contribution in [3.8, 4) is 0 Å². The Morgan fingerprint density at radius 1 is 1.06 bits per heavy atom. The van der Waals surface area contributed by atoms with Gasteiger partial charge in [-0.3, -0.25) is 0 Å². The van der Waals surface area contributed by atoms with Gasteiger partial charge < -0.3 is 0 Å². The van der Waals surface area contributed by atoms with Crippen molar-refractivity contribution in [1.29, 1.82) is 0 Å². The Labute approximate surface area is 103 Å². The highest BCUT2D eigenvalue weighted by Crippen LogP contribution is 2.37. The highest BCUT2D eigenvalue weighted by atomic mass is 79.9. The van der Waals surface area contributed by atoms with E-state index in [-0.39, 0.29) is 5.02 Å². The first-order chi connectivity index (χ1) is 7.39. The summed E-state index contributed by atoms with van der Waals surface area (Å²) in [5.74, 6) is 0. The average Bonchev–Trinajstić information content (AvgIpc) is 2.18. The Hall–Kier alpha value is -0.740. The minimum atomic E-state index is -4.38. The van der Waals surface area contributed by atoms with Gasteiger partial charge in [-0.1, -0.05) is 39.7 Å². The second kappa shape index (κ2) is 3.93. The first kappa shape index (κ1) is 11.7. The van der Waals surface area contributed by atoms with Crippen LogP contribution in [0.4, 0.5) is 13.2 Å². The Morgan fingerprint density at radius 2 is 1.75 bits per heavy atom. The van der Waals surface area contributed by atoms with Gasteiger partial charge in [0.15, 0.2) is 0 Å². The van der Waals surface area contributed by atoms with Crippen LogP contribution in [0.15, 0.2) is 34.8 Å². The van der Waals surface area contributed by atoms with Crippen molar-refractivity contribution in [2.75, 3.05) is 0 Å². The molecule has 0 fully saturated rings. The molecule has 0 radical (unpaired) electrons. The zero-order valence-corrected chi connectivity index (χ0v) is 10.1. The molecule has 0 unspecified atom stereocenters. The van der Waals surface area contributed by atoms with E-state index in [4.69, 9.17) is 11.6 Å². The fourth-order valence-electron chi connectivity index (χ4n) is 1.47. The van der Waals surface area contributed by atoms with Crippen LogP contribution < -0.4 is 0 Å². The fourth-order valence-corrected chi connectivity index (χ4v) is 2.23. The summed E-state index contributed by atoms with van der Waals surface area (Å²) >= 11 is 9.03. The van der Waals surface area contributed by atoms with E-state index in [2.05, 4.69) is 15.9 Å². The molecular formula is C11H5BrClF3. The zero-order chi connectivity index (χ0) is 11.9. The van der Waals surface area contributed by atoms with Crippen molar-refractivity contribution >= 4 is 38.3 Å². The molecule has 2 aromatic carbocycles. The van der Waals surface area contributed by atoms with Crippen LogP contribution in [-0.4, -0.2) is 0 Å². The molecule has 0 aromatic heterocycles. The number of benzene rings is 2. The smallest absolute Gasteiger partial charge is 0.166 e. The summed E-state index contributed by atoms with van der Waals surface area (Å²) in [6.45, 7) is 0. The molecule has 84 valence electrons. The SMILES string of the molecule is FC(F)(F)c1cc(Cl)c2cccc(Br)c2c1. The van der Waals surface area contributed by atoms with Gasteiger partial charge in [0.05, 0.1) is 5.56 Å². The second-order valence-corrected chi connectivity index (χ2v) is 4.55. The zero-order valence-electron chi connectivity index (χ0n) is 7.78. The minimum absolute atomic E-state index is 0.103. The third-order valence-corrected chi connectivity index (χ3v) is 3.22. The molecule has 0 atom stereocenters. The molecule has 0 aliphatic rings. The Morgan fingerprint density at radius 3 is 2.38 bits per heavy atom. The molecule has 0 nitrogen and oxygen atoms in total. The topological polar surface area (TPSA) is 0 Å². The standard InChI is InChI=1S/C11H5BrClF3/c12-9-3-1-2-7-8(9)4-6(5-10(7)13)11(14,15)16/h1-5H. The van der Waals surface area contributed by atoms with Gasteiger partial charge in [0, 0.05) is 14.9 Å². The van der Waals surface area contributed by atoms with E-state index in [9.17, 15) is 13.2 Å². The van der Waals surface area contributed by atoms with E-state index in [1.165, 1.54) is 0 Å². The Bertz CT molecular complexity index is 549. The lowest BCUT2D eigenvalue weighted by molar-refractivity contribution is -0.137. The number of hydrogen-bond donors (Lipinski definition) is 0. The molecule has 0 heterocycles. The minimum Gasteiger partial charge on any atom is -0.166 e. The number of fused-ring (bicyclic) bond motifs is 1. The normalized spacial score (nSPS) is 12.1. The van der Waals surface area contributed by atoms with Crippen molar-refractivity contribution < 1.29 is 13.2 Å². The summed E-state index contributed by atoms with van der Waals surface area (Å²) in [7, 11) is 0. The molecule has 0 aliphatic heterocycles. The van der Waals surface area contributed by atoms with Gasteiger partial charge in [0.1, 0.15) is 0 Å². The largest absolute Gasteiger partial charge is 0.416 e. The van der Waals surface area contributed by atoms with E-state index in [1.807, 2.05) is 0 Å². The summed E-state index contributed by atoms with van der Waals surface area (Å²) in [6.07, 6.45) is -4.38. The highest BCUT2D eigenvalue weighted by Gasteiger charge is 2.31. The van der Waals surface area contributed by atoms with Crippen molar-refractivity contribution in [2.24, 2.45) is 0 Å². The van der Waals surface area contributed by atoms with E-state index in [0.29, 0.717) is 15.2 Å². The maximum Gasteiger partial charge on any atom is 0.416 e. The first-order valence-electron chi connectivity index (χ1n) is 4.34. The molecule has 0 bridgehead atoms. The molecule has 0 saturated heterocycles. The van der Waals surface area contributed by atoms with Gasteiger partial charge in [-0.2, -0.15) is 13.2 Å². The van der Waals surface area contributed by atoms with E-state index >= 15 is 0 Å². The number of hydrogen-bond acceptors (Lipinski definition) is 0. The van der Waals surface area contributed by atoms with Crippen LogP contribution in [0, 0.1) is 0 Å². The van der Waals surface area contributed by atoms with E-state index in [1.54, 1.807) is 18.2 Å². The molecule has 16 heavy (non-hydrogen) atoms. The molecule has 2 rings (SSSR count). The van der Waals surface area contributed by atoms with Crippen molar-refractivity contribution in [1.82, 2.24) is 0 Å². The van der Waals surface area contributed by atoms with Crippen LogP contribution in [-0.2, 0) is 6.18 Å². The molecule has 0 amide bonds. The second-order valence-electron chi connectivity index (χ2n) is 3.29. The summed E-state index contributed by atoms with van der Waals surface area (Å²) in [6, 6.07) is 7.12. The summed E-state index contributed by atoms with van der Waals surface area (Å²) < 4.78 is 38.3. The third-order valence-electron chi connectivity index (χ3n) is 2.22. The quantitative estimate of drug-likeness (QED) is 0.621. The number of halogens is 5. The molecular weight excluding hydrogens is 304 g/mol. The average molecular weight is 310 g/mol. The number of rotatable bonds is 0. The Kier molecular flexibility index (Phi) is 2.88. The fraction of sp³-hybridized carbons (Fsp3) is 0.0909. The van der Waals surface area contributed by atoms with Crippen LogP contribution in [0.25, 0.3) is 10.8 Å². The van der Waals surface area contributed by atoms with Crippen LogP contribution in [0.3, 0.4) is 0 Å². The van der Waals surface area contributed by atoms with Gasteiger partial charge in [0.2, 0.25) is 0 Å². The third kappa shape index (κ3) is 2.04. The van der Waals surface area contributed by atoms with Crippen molar-refractivity contribution in [2.45, 2.75) is 6.18 Å². The molecule has 5 heteroatoms. The molecule has 2 aromatic rings. The lowest BCUT2D eigenvalue weighted by atomic mass is 10.1. The van der Waals surface area contributed by atoms with Crippen molar-refractivity contribution in [3.05, 3.63) is 45.4 Å². The summed E-state index contributed by atoms with van der Waals surface area (Å²) in [4.78, 5) is 0. The van der Waals surface area contributed by atoms with Gasteiger partial charge in [-0.25, -0.2) is 0 Å². The predicted molar refractivity (Wildman–Crippen MR) is 61.7 cm³/mol. The highest BCUT2D eigenvalue weighted by molar-refractivity contribution is 9.10. The predicted octanol–water partition coefficient (Wildman–Crippen LogP) is 5.27.